The molecule has 8 nitrogen and oxygen atoms in total. The van der Waals surface area contributed by atoms with Gasteiger partial charge >= 0.3 is 0 Å². The van der Waals surface area contributed by atoms with Gasteiger partial charge in [-0.15, -0.1) is 0 Å². The molecule has 0 radical (unpaired) electrons. The topological polar surface area (TPSA) is 109 Å². The molecule has 4 aromatic rings. The van der Waals surface area contributed by atoms with E-state index in [0.717, 1.165) is 16.5 Å². The second-order valence-electron chi connectivity index (χ2n) is 8.62. The van der Waals surface area contributed by atoms with Crippen molar-refractivity contribution in [2.45, 2.75) is 26.2 Å². The Hall–Kier alpha value is -4.20. The van der Waals surface area contributed by atoms with E-state index < -0.39 is 0 Å². The lowest BCUT2D eigenvalue weighted by Gasteiger charge is -2.14. The van der Waals surface area contributed by atoms with Gasteiger partial charge in [0.15, 0.2) is 5.82 Å². The maximum Gasteiger partial charge on any atom is 0.269 e. The summed E-state index contributed by atoms with van der Waals surface area (Å²) in [6.07, 6.45) is 1.52. The first-order valence-corrected chi connectivity index (χ1v) is 10.5. The Morgan fingerprint density at radius 2 is 1.76 bits per heavy atom. The van der Waals surface area contributed by atoms with Gasteiger partial charge < -0.3 is 15.4 Å². The molecule has 0 unspecified atom stereocenters. The molecule has 4 rings (SSSR count). The minimum atomic E-state index is -0.291. The Balaban J connectivity index is 1.57. The van der Waals surface area contributed by atoms with Crippen molar-refractivity contribution in [3.8, 4) is 11.5 Å². The molecule has 0 aliphatic carbocycles. The lowest BCUT2D eigenvalue weighted by Crippen LogP contribution is -2.18. The van der Waals surface area contributed by atoms with Gasteiger partial charge in [0.1, 0.15) is 17.2 Å². The zero-order valence-electron chi connectivity index (χ0n) is 18.9. The van der Waals surface area contributed by atoms with Crippen LogP contribution in [0.2, 0.25) is 0 Å². The minimum Gasteiger partial charge on any atom is -0.457 e. The van der Waals surface area contributed by atoms with Gasteiger partial charge in [0.25, 0.3) is 11.8 Å². The van der Waals surface area contributed by atoms with E-state index in [2.05, 4.69) is 46.6 Å². The maximum atomic E-state index is 13.0. The number of amides is 2. The first-order valence-electron chi connectivity index (χ1n) is 10.5. The van der Waals surface area contributed by atoms with Gasteiger partial charge in [0.2, 0.25) is 0 Å². The summed E-state index contributed by atoms with van der Waals surface area (Å²) in [5.41, 5.74) is 1.64. The largest absolute Gasteiger partial charge is 0.457 e. The fraction of sp³-hybridized carbons (Fsp3) is 0.200. The van der Waals surface area contributed by atoms with Gasteiger partial charge in [0.05, 0.1) is 0 Å². The van der Waals surface area contributed by atoms with Crippen molar-refractivity contribution < 1.29 is 14.3 Å². The number of aromatic amines is 1. The lowest BCUT2D eigenvalue weighted by atomic mass is 9.92. The number of fused-ring (bicyclic) bond motifs is 1. The number of carbonyl (C=O) groups excluding carboxylic acids is 2. The number of aromatic nitrogens is 3. The number of hydrogen-bond acceptors (Lipinski definition) is 5. The van der Waals surface area contributed by atoms with Crippen molar-refractivity contribution in [1.82, 2.24) is 20.5 Å². The second kappa shape index (κ2) is 8.74. The Kier molecular flexibility index (Phi) is 5.83. The molecule has 33 heavy (non-hydrogen) atoms. The standard InChI is InChI=1S/C25H25N5O3/c1-25(2,3)21-14-22(30-29-21)28-23(31)19-7-5-6-15-12-16(8-9-18(15)19)33-17-10-11-27-20(13-17)24(32)26-4/h5-14H,1-4H3,(H,26,32)(H2,28,29,30,31). The number of H-pyrrole nitrogens is 1. The molecule has 2 aromatic carbocycles. The lowest BCUT2D eigenvalue weighted by molar-refractivity contribution is 0.0957. The van der Waals surface area contributed by atoms with E-state index in [1.807, 2.05) is 30.3 Å². The van der Waals surface area contributed by atoms with E-state index in [1.165, 1.54) is 6.20 Å². The monoisotopic (exact) mass is 443 g/mol. The van der Waals surface area contributed by atoms with Crippen LogP contribution < -0.4 is 15.4 Å². The number of pyridine rings is 1. The molecule has 2 amide bonds. The number of anilines is 1. The zero-order valence-corrected chi connectivity index (χ0v) is 18.9. The van der Waals surface area contributed by atoms with Crippen LogP contribution in [0.4, 0.5) is 5.82 Å². The summed E-state index contributed by atoms with van der Waals surface area (Å²) in [4.78, 5) is 28.8. The smallest absolute Gasteiger partial charge is 0.269 e. The highest BCUT2D eigenvalue weighted by Gasteiger charge is 2.18. The van der Waals surface area contributed by atoms with Crippen molar-refractivity contribution in [2.24, 2.45) is 0 Å². The summed E-state index contributed by atoms with van der Waals surface area (Å²) in [5.74, 6) is 1.01. The van der Waals surface area contributed by atoms with Crippen LogP contribution in [0.25, 0.3) is 10.8 Å². The SMILES string of the molecule is CNC(=O)c1cc(Oc2ccc3c(C(=O)Nc4cc(C(C)(C)C)[nH]n4)cccc3c2)ccn1. The summed E-state index contributed by atoms with van der Waals surface area (Å²) < 4.78 is 5.92. The Labute approximate surface area is 191 Å². The zero-order chi connectivity index (χ0) is 23.6. The molecule has 0 saturated heterocycles. The normalized spacial score (nSPS) is 11.3. The van der Waals surface area contributed by atoms with Gasteiger partial charge in [0, 0.05) is 42.0 Å². The summed E-state index contributed by atoms with van der Waals surface area (Å²) in [6, 6.07) is 16.1. The van der Waals surface area contributed by atoms with Gasteiger partial charge in [-0.2, -0.15) is 5.10 Å². The number of rotatable bonds is 5. The molecular weight excluding hydrogens is 418 g/mol. The second-order valence-corrected chi connectivity index (χ2v) is 8.62. The Morgan fingerprint density at radius 1 is 0.970 bits per heavy atom. The maximum absolute atomic E-state index is 13.0. The van der Waals surface area contributed by atoms with E-state index in [9.17, 15) is 9.59 Å². The number of benzene rings is 2. The van der Waals surface area contributed by atoms with Crippen molar-refractivity contribution >= 4 is 28.4 Å². The van der Waals surface area contributed by atoms with Crippen LogP contribution in [0.5, 0.6) is 11.5 Å². The molecule has 8 heteroatoms. The summed E-state index contributed by atoms with van der Waals surface area (Å²) in [5, 5.41) is 14.2. The molecule has 0 aliphatic heterocycles. The van der Waals surface area contributed by atoms with E-state index in [1.54, 1.807) is 31.3 Å². The molecule has 0 bridgehead atoms. The highest BCUT2D eigenvalue weighted by atomic mass is 16.5. The third-order valence-corrected chi connectivity index (χ3v) is 5.15. The number of nitrogens with one attached hydrogen (secondary N) is 3. The van der Waals surface area contributed by atoms with E-state index in [0.29, 0.717) is 22.9 Å². The summed E-state index contributed by atoms with van der Waals surface area (Å²) >= 11 is 0. The average Bonchev–Trinajstić information content (AvgIpc) is 3.27. The molecule has 0 atom stereocenters. The van der Waals surface area contributed by atoms with Crippen LogP contribution >= 0.6 is 0 Å². The molecule has 0 saturated carbocycles. The fourth-order valence-corrected chi connectivity index (χ4v) is 3.34. The Bertz CT molecular complexity index is 1340. The van der Waals surface area contributed by atoms with Crippen molar-refractivity contribution in [3.05, 3.63) is 77.7 Å². The van der Waals surface area contributed by atoms with Crippen LogP contribution in [0.1, 0.15) is 47.3 Å². The summed E-state index contributed by atoms with van der Waals surface area (Å²) in [6.45, 7) is 6.21. The molecule has 0 spiro atoms. The van der Waals surface area contributed by atoms with Crippen molar-refractivity contribution in [1.29, 1.82) is 0 Å². The van der Waals surface area contributed by atoms with E-state index >= 15 is 0 Å². The van der Waals surface area contributed by atoms with Crippen LogP contribution in [-0.4, -0.2) is 34.0 Å². The van der Waals surface area contributed by atoms with E-state index in [4.69, 9.17) is 4.74 Å². The molecule has 168 valence electrons. The Morgan fingerprint density at radius 3 is 2.48 bits per heavy atom. The van der Waals surface area contributed by atoms with Crippen LogP contribution in [0, 0.1) is 0 Å². The highest BCUT2D eigenvalue weighted by Crippen LogP contribution is 2.28. The predicted octanol–water partition coefficient (Wildman–Crippen LogP) is 4.66. The number of hydrogen-bond donors (Lipinski definition) is 3. The van der Waals surface area contributed by atoms with Crippen LogP contribution in [0.15, 0.2) is 60.8 Å². The first-order chi connectivity index (χ1) is 15.7. The number of ether oxygens (including phenoxy) is 1. The number of carbonyl (C=O) groups is 2. The molecule has 2 heterocycles. The first kappa shape index (κ1) is 22.0. The van der Waals surface area contributed by atoms with E-state index in [-0.39, 0.29) is 22.9 Å². The third kappa shape index (κ3) is 4.85. The third-order valence-electron chi connectivity index (χ3n) is 5.15. The molecule has 3 N–H and O–H groups in total. The predicted molar refractivity (Wildman–Crippen MR) is 127 cm³/mol. The van der Waals surface area contributed by atoms with Gasteiger partial charge in [-0.25, -0.2) is 0 Å². The number of nitrogens with zero attached hydrogens (tertiary/aromatic N) is 2. The molecule has 0 fully saturated rings. The molecule has 2 aromatic heterocycles. The molecular formula is C25H25N5O3. The minimum absolute atomic E-state index is 0.0955. The average molecular weight is 444 g/mol. The van der Waals surface area contributed by atoms with Crippen LogP contribution in [-0.2, 0) is 5.41 Å². The van der Waals surface area contributed by atoms with Crippen LogP contribution in [0.3, 0.4) is 0 Å². The quantitative estimate of drug-likeness (QED) is 0.416. The van der Waals surface area contributed by atoms with Gasteiger partial charge in [-0.1, -0.05) is 32.9 Å². The summed E-state index contributed by atoms with van der Waals surface area (Å²) in [7, 11) is 1.55. The van der Waals surface area contributed by atoms with Crippen molar-refractivity contribution in [2.75, 3.05) is 12.4 Å². The van der Waals surface area contributed by atoms with Gasteiger partial charge in [-0.05, 0) is 41.1 Å². The fourth-order valence-electron chi connectivity index (χ4n) is 3.34. The molecule has 0 aliphatic rings. The highest BCUT2D eigenvalue weighted by molar-refractivity contribution is 6.12. The van der Waals surface area contributed by atoms with Crippen molar-refractivity contribution in [3.63, 3.8) is 0 Å². The van der Waals surface area contributed by atoms with Gasteiger partial charge in [-0.3, -0.25) is 19.7 Å².